The number of nitro groups is 1. The molecule has 6 nitrogen and oxygen atoms in total. The number of nitro benzene ring substituents is 1. The van der Waals surface area contributed by atoms with Crippen LogP contribution in [0.4, 0.5) is 11.4 Å². The van der Waals surface area contributed by atoms with Crippen molar-refractivity contribution in [3.8, 4) is 0 Å². The van der Waals surface area contributed by atoms with Crippen molar-refractivity contribution in [2.75, 3.05) is 5.32 Å². The topological polar surface area (TPSA) is 83.8 Å². The summed E-state index contributed by atoms with van der Waals surface area (Å²) in [5.41, 5.74) is 2.51. The van der Waals surface area contributed by atoms with Gasteiger partial charge >= 0.3 is 0 Å². The Balaban J connectivity index is 2.13. The van der Waals surface area contributed by atoms with E-state index in [2.05, 4.69) is 15.5 Å². The predicted molar refractivity (Wildman–Crippen MR) is 68.8 cm³/mol. The van der Waals surface area contributed by atoms with Gasteiger partial charge in [-0.15, -0.1) is 0 Å². The summed E-state index contributed by atoms with van der Waals surface area (Å²) in [5, 5.41) is 20.7. The van der Waals surface area contributed by atoms with Gasteiger partial charge in [-0.1, -0.05) is 11.6 Å². The average molecular weight is 267 g/mol. The molecule has 0 aliphatic heterocycles. The number of H-pyrrole nitrogens is 1. The lowest BCUT2D eigenvalue weighted by atomic mass is 10.2. The Bertz CT molecular complexity index is 582. The number of aromatic amines is 1. The molecule has 0 bridgehead atoms. The van der Waals surface area contributed by atoms with Crippen molar-refractivity contribution in [3.63, 3.8) is 0 Å². The molecule has 1 aromatic heterocycles. The molecule has 0 unspecified atom stereocenters. The third kappa shape index (κ3) is 2.60. The van der Waals surface area contributed by atoms with E-state index < -0.39 is 4.92 Å². The molecule has 94 valence electrons. The van der Waals surface area contributed by atoms with Gasteiger partial charge in [0, 0.05) is 29.6 Å². The number of nitrogens with zero attached hydrogens (tertiary/aromatic N) is 2. The van der Waals surface area contributed by atoms with Crippen molar-refractivity contribution in [2.45, 2.75) is 13.5 Å². The van der Waals surface area contributed by atoms with E-state index in [1.807, 2.05) is 6.92 Å². The Kier molecular flexibility index (Phi) is 3.47. The van der Waals surface area contributed by atoms with Crippen LogP contribution in [-0.2, 0) is 6.54 Å². The summed E-state index contributed by atoms with van der Waals surface area (Å²) in [6.07, 6.45) is 1.71. The van der Waals surface area contributed by atoms with Crippen molar-refractivity contribution < 1.29 is 4.92 Å². The molecule has 0 fully saturated rings. The van der Waals surface area contributed by atoms with Crippen LogP contribution in [0.1, 0.15) is 11.3 Å². The van der Waals surface area contributed by atoms with Crippen LogP contribution in [0.3, 0.4) is 0 Å². The summed E-state index contributed by atoms with van der Waals surface area (Å²) < 4.78 is 0. The highest BCUT2D eigenvalue weighted by molar-refractivity contribution is 6.32. The summed E-state index contributed by atoms with van der Waals surface area (Å²) >= 11 is 5.73. The first-order valence-corrected chi connectivity index (χ1v) is 5.62. The van der Waals surface area contributed by atoms with E-state index >= 15 is 0 Å². The van der Waals surface area contributed by atoms with Crippen molar-refractivity contribution >= 4 is 23.0 Å². The maximum atomic E-state index is 10.7. The van der Waals surface area contributed by atoms with E-state index in [1.54, 1.807) is 12.3 Å². The van der Waals surface area contributed by atoms with Crippen LogP contribution in [0.5, 0.6) is 0 Å². The van der Waals surface area contributed by atoms with Gasteiger partial charge in [-0.25, -0.2) is 0 Å². The SMILES string of the molecule is Cc1[nH]ncc1CNc1ccc(Cl)c([N+](=O)[O-])c1. The largest absolute Gasteiger partial charge is 0.381 e. The highest BCUT2D eigenvalue weighted by Gasteiger charge is 2.12. The number of benzene rings is 1. The summed E-state index contributed by atoms with van der Waals surface area (Å²) in [5.74, 6) is 0. The average Bonchev–Trinajstić information content (AvgIpc) is 2.73. The molecule has 0 amide bonds. The van der Waals surface area contributed by atoms with Gasteiger partial charge in [0.05, 0.1) is 11.1 Å². The fourth-order valence-electron chi connectivity index (χ4n) is 1.51. The first kappa shape index (κ1) is 12.4. The molecular weight excluding hydrogens is 256 g/mol. The van der Waals surface area contributed by atoms with Gasteiger partial charge in [0.15, 0.2) is 0 Å². The van der Waals surface area contributed by atoms with Crippen molar-refractivity contribution in [1.82, 2.24) is 10.2 Å². The lowest BCUT2D eigenvalue weighted by Crippen LogP contribution is -2.00. The standard InChI is InChI=1S/C11H11ClN4O2/c1-7-8(6-14-15-7)5-13-9-2-3-10(12)11(4-9)16(17)18/h2-4,6,13H,5H2,1H3,(H,14,15). The molecular formula is C11H11ClN4O2. The number of rotatable bonds is 4. The highest BCUT2D eigenvalue weighted by atomic mass is 35.5. The number of nitrogens with one attached hydrogen (secondary N) is 2. The van der Waals surface area contributed by atoms with Crippen LogP contribution in [-0.4, -0.2) is 15.1 Å². The Morgan fingerprint density at radius 1 is 1.56 bits per heavy atom. The molecule has 0 saturated carbocycles. The van der Waals surface area contributed by atoms with E-state index in [0.717, 1.165) is 11.3 Å². The van der Waals surface area contributed by atoms with E-state index in [4.69, 9.17) is 11.6 Å². The van der Waals surface area contributed by atoms with Crippen LogP contribution >= 0.6 is 11.6 Å². The van der Waals surface area contributed by atoms with E-state index in [9.17, 15) is 10.1 Å². The number of aromatic nitrogens is 2. The molecule has 0 radical (unpaired) electrons. The number of hydrogen-bond donors (Lipinski definition) is 2. The fourth-order valence-corrected chi connectivity index (χ4v) is 1.70. The second-order valence-electron chi connectivity index (χ2n) is 3.80. The zero-order valence-corrected chi connectivity index (χ0v) is 10.4. The summed E-state index contributed by atoms with van der Waals surface area (Å²) in [6.45, 7) is 2.45. The maximum absolute atomic E-state index is 10.7. The first-order valence-electron chi connectivity index (χ1n) is 5.24. The molecule has 0 aliphatic rings. The summed E-state index contributed by atoms with van der Waals surface area (Å²) in [6, 6.07) is 4.62. The molecule has 0 atom stereocenters. The third-order valence-electron chi connectivity index (χ3n) is 2.56. The van der Waals surface area contributed by atoms with Crippen molar-refractivity contribution in [2.24, 2.45) is 0 Å². The van der Waals surface area contributed by atoms with Gasteiger partial charge in [0.25, 0.3) is 5.69 Å². The second kappa shape index (κ2) is 5.05. The van der Waals surface area contributed by atoms with Crippen molar-refractivity contribution in [3.05, 3.63) is 50.8 Å². The van der Waals surface area contributed by atoms with Crippen LogP contribution < -0.4 is 5.32 Å². The quantitative estimate of drug-likeness (QED) is 0.658. The second-order valence-corrected chi connectivity index (χ2v) is 4.20. The molecule has 2 rings (SSSR count). The van der Waals surface area contributed by atoms with Gasteiger partial charge in [-0.05, 0) is 19.1 Å². The summed E-state index contributed by atoms with van der Waals surface area (Å²) in [4.78, 5) is 10.2. The van der Waals surface area contributed by atoms with Gasteiger partial charge in [0.1, 0.15) is 5.02 Å². The van der Waals surface area contributed by atoms with E-state index in [1.165, 1.54) is 12.1 Å². The highest BCUT2D eigenvalue weighted by Crippen LogP contribution is 2.27. The third-order valence-corrected chi connectivity index (χ3v) is 2.88. The Morgan fingerprint density at radius 3 is 2.94 bits per heavy atom. The van der Waals surface area contributed by atoms with Gasteiger partial charge < -0.3 is 5.32 Å². The predicted octanol–water partition coefficient (Wildman–Crippen LogP) is 2.89. The van der Waals surface area contributed by atoms with Crippen molar-refractivity contribution in [1.29, 1.82) is 0 Å². The number of halogens is 1. The molecule has 0 saturated heterocycles. The molecule has 2 aromatic rings. The smallest absolute Gasteiger partial charge is 0.289 e. The maximum Gasteiger partial charge on any atom is 0.289 e. The zero-order valence-electron chi connectivity index (χ0n) is 9.61. The Labute approximate surface area is 108 Å². The normalized spacial score (nSPS) is 10.3. The first-order chi connectivity index (χ1) is 8.58. The Hall–Kier alpha value is -2.08. The molecule has 7 heteroatoms. The molecule has 0 aliphatic carbocycles. The van der Waals surface area contributed by atoms with Crippen LogP contribution in [0.25, 0.3) is 0 Å². The number of anilines is 1. The molecule has 1 heterocycles. The lowest BCUT2D eigenvalue weighted by Gasteiger charge is -2.06. The molecule has 18 heavy (non-hydrogen) atoms. The van der Waals surface area contributed by atoms with Gasteiger partial charge in [-0.3, -0.25) is 15.2 Å². The van der Waals surface area contributed by atoms with Crippen LogP contribution in [0, 0.1) is 17.0 Å². The molecule has 2 N–H and O–H groups in total. The fraction of sp³-hybridized carbons (Fsp3) is 0.182. The van der Waals surface area contributed by atoms with Gasteiger partial charge in [0.2, 0.25) is 0 Å². The minimum Gasteiger partial charge on any atom is -0.381 e. The van der Waals surface area contributed by atoms with Gasteiger partial charge in [-0.2, -0.15) is 5.10 Å². The van der Waals surface area contributed by atoms with Crippen LogP contribution in [0.2, 0.25) is 5.02 Å². The Morgan fingerprint density at radius 2 is 2.33 bits per heavy atom. The van der Waals surface area contributed by atoms with E-state index in [0.29, 0.717) is 12.2 Å². The van der Waals surface area contributed by atoms with Crippen LogP contribution in [0.15, 0.2) is 24.4 Å². The minimum absolute atomic E-state index is 0.106. The zero-order chi connectivity index (χ0) is 13.1. The minimum atomic E-state index is -0.503. The molecule has 0 spiro atoms. The lowest BCUT2D eigenvalue weighted by molar-refractivity contribution is -0.384. The monoisotopic (exact) mass is 266 g/mol. The number of aryl methyl sites for hydroxylation is 1. The van der Waals surface area contributed by atoms with E-state index in [-0.39, 0.29) is 10.7 Å². The summed E-state index contributed by atoms with van der Waals surface area (Å²) in [7, 11) is 0. The number of hydrogen-bond acceptors (Lipinski definition) is 4. The molecule has 1 aromatic carbocycles.